The molecular formula is C14H24N6O11. The maximum atomic E-state index is 13.1. The minimum Gasteiger partial charge on any atom is -0.369 e. The molecule has 3 heterocycles. The molecule has 3 fully saturated rings. The number of hydrazine groups is 2. The van der Waals surface area contributed by atoms with Gasteiger partial charge in [0.05, 0.1) is 0 Å². The molecule has 17 nitrogen and oxygen atoms in total. The summed E-state index contributed by atoms with van der Waals surface area (Å²) in [6.45, 7) is -0.0734. The average Bonchev–Trinajstić information content (AvgIpc) is 3.11. The van der Waals surface area contributed by atoms with Gasteiger partial charge in [-0.1, -0.05) is 0 Å². The van der Waals surface area contributed by atoms with Gasteiger partial charge in [0.25, 0.3) is 0 Å². The number of hydrogen-bond donors (Lipinski definition) is 6. The summed E-state index contributed by atoms with van der Waals surface area (Å²) in [6, 6.07) is -3.77. The largest absolute Gasteiger partial charge is 0.369 e. The van der Waals surface area contributed by atoms with E-state index in [1.54, 1.807) is 0 Å². The Bertz CT molecular complexity index is 754. The average molecular weight is 452 g/mol. The molecule has 0 aliphatic carbocycles. The summed E-state index contributed by atoms with van der Waals surface area (Å²) >= 11 is 0. The van der Waals surface area contributed by atoms with Crippen LogP contribution in [0.15, 0.2) is 0 Å². The molecule has 0 bridgehead atoms. The Balaban J connectivity index is 1.97. The van der Waals surface area contributed by atoms with Crippen molar-refractivity contribution in [1.29, 1.82) is 0 Å². The summed E-state index contributed by atoms with van der Waals surface area (Å²) in [5, 5.41) is 63.0. The first-order valence-electron chi connectivity index (χ1n) is 8.86. The molecule has 0 spiro atoms. The highest BCUT2D eigenvalue weighted by Crippen LogP contribution is 2.38. The van der Waals surface area contributed by atoms with Crippen LogP contribution in [0.2, 0.25) is 0 Å². The highest BCUT2D eigenvalue weighted by Gasteiger charge is 2.65. The minimum absolute atomic E-state index is 0.206. The highest BCUT2D eigenvalue weighted by atomic mass is 16.5. The second-order valence-electron chi connectivity index (χ2n) is 7.09. The van der Waals surface area contributed by atoms with Crippen molar-refractivity contribution in [2.24, 2.45) is 0 Å². The van der Waals surface area contributed by atoms with Crippen LogP contribution < -0.4 is 0 Å². The van der Waals surface area contributed by atoms with Gasteiger partial charge in [-0.25, -0.2) is 14.4 Å². The van der Waals surface area contributed by atoms with Crippen LogP contribution in [0.25, 0.3) is 0 Å². The van der Waals surface area contributed by atoms with Crippen molar-refractivity contribution in [3.05, 3.63) is 0 Å². The molecule has 6 unspecified atom stereocenters. The number of methoxy groups -OCH3 is 2. The van der Waals surface area contributed by atoms with Gasteiger partial charge in [-0.15, -0.1) is 0 Å². The SMILES string of the molecule is COCN1C(=O)N(N2C(=O)N(N3C(=O)N(COC)C(O)C3O)C(C)(O)C2O)C(O)C1O. The first kappa shape index (κ1) is 23.2. The smallest absolute Gasteiger partial charge is 0.363 e. The Hall–Kier alpha value is -2.51. The number of aliphatic hydroxyl groups is 6. The predicted molar refractivity (Wildman–Crippen MR) is 91.6 cm³/mol. The van der Waals surface area contributed by atoms with Gasteiger partial charge in [0.1, 0.15) is 13.5 Å². The number of aliphatic hydroxyl groups excluding tert-OH is 5. The van der Waals surface area contributed by atoms with Crippen molar-refractivity contribution in [2.45, 2.75) is 43.8 Å². The molecule has 6 amide bonds. The lowest BCUT2D eigenvalue weighted by Gasteiger charge is -2.36. The van der Waals surface area contributed by atoms with Crippen molar-refractivity contribution < 1.29 is 54.5 Å². The fraction of sp³-hybridized carbons (Fsp3) is 0.786. The van der Waals surface area contributed by atoms with Crippen molar-refractivity contribution in [1.82, 2.24) is 29.8 Å². The first-order chi connectivity index (χ1) is 14.4. The Morgan fingerprint density at radius 2 is 1.16 bits per heavy atom. The van der Waals surface area contributed by atoms with Crippen molar-refractivity contribution >= 4 is 18.1 Å². The molecule has 3 saturated heterocycles. The molecule has 176 valence electrons. The maximum Gasteiger partial charge on any atom is 0.363 e. The van der Waals surface area contributed by atoms with Crippen molar-refractivity contribution in [3.8, 4) is 0 Å². The van der Waals surface area contributed by atoms with Crippen LogP contribution in [0.5, 0.6) is 0 Å². The minimum atomic E-state index is -2.64. The summed E-state index contributed by atoms with van der Waals surface area (Å²) in [5.74, 6) is 0. The predicted octanol–water partition coefficient (Wildman–Crippen LogP) is -4.46. The van der Waals surface area contributed by atoms with Crippen LogP contribution in [0.3, 0.4) is 0 Å². The van der Waals surface area contributed by atoms with Gasteiger partial charge in [0.2, 0.25) is 12.0 Å². The van der Waals surface area contributed by atoms with Crippen LogP contribution in [0, 0.1) is 0 Å². The molecule has 3 rings (SSSR count). The number of nitrogens with zero attached hydrogens (tertiary/aromatic N) is 6. The third-order valence-corrected chi connectivity index (χ3v) is 5.07. The molecule has 3 aliphatic rings. The maximum absolute atomic E-state index is 13.1. The molecule has 0 aromatic carbocycles. The molecule has 0 radical (unpaired) electrons. The fourth-order valence-electron chi connectivity index (χ4n) is 3.51. The zero-order valence-corrected chi connectivity index (χ0v) is 16.7. The van der Waals surface area contributed by atoms with E-state index in [0.29, 0.717) is 9.80 Å². The Labute approximate surface area is 174 Å². The molecule has 0 aromatic rings. The van der Waals surface area contributed by atoms with Gasteiger partial charge in [0.15, 0.2) is 24.9 Å². The Kier molecular flexibility index (Phi) is 5.88. The van der Waals surface area contributed by atoms with E-state index in [0.717, 1.165) is 6.92 Å². The van der Waals surface area contributed by atoms with Crippen molar-refractivity contribution in [2.75, 3.05) is 27.7 Å². The molecule has 31 heavy (non-hydrogen) atoms. The normalized spacial score (nSPS) is 36.7. The molecular weight excluding hydrogens is 428 g/mol. The second kappa shape index (κ2) is 7.88. The Morgan fingerprint density at radius 3 is 1.61 bits per heavy atom. The molecule has 0 saturated carbocycles. The summed E-state index contributed by atoms with van der Waals surface area (Å²) in [4.78, 5) is 39.6. The monoisotopic (exact) mass is 452 g/mol. The lowest BCUT2D eigenvalue weighted by molar-refractivity contribution is -0.233. The third kappa shape index (κ3) is 3.13. The lowest BCUT2D eigenvalue weighted by Crippen LogP contribution is -2.60. The van der Waals surface area contributed by atoms with E-state index in [4.69, 9.17) is 9.47 Å². The standard InChI is InChI=1S/C14H24N6O11/c1-14(29)10(25)19(17-8(23)6(21)15(4-30-2)11(17)26)13(28)20(14)18-9(24)7(22)16(5-31-3)12(18)27/h6-10,21-25,29H,4-5H2,1-3H3. The number of ether oxygens (including phenoxy) is 2. The van der Waals surface area contributed by atoms with Crippen LogP contribution in [-0.2, 0) is 9.47 Å². The Morgan fingerprint density at radius 1 is 0.742 bits per heavy atom. The number of carbonyl (C=O) groups excluding carboxylic acids is 3. The number of carbonyl (C=O) groups is 3. The summed E-state index contributed by atoms with van der Waals surface area (Å²) in [7, 11) is 2.41. The van der Waals surface area contributed by atoms with Gasteiger partial charge in [-0.2, -0.15) is 20.0 Å². The molecule has 6 atom stereocenters. The lowest BCUT2D eigenvalue weighted by atomic mass is 10.2. The van der Waals surface area contributed by atoms with Gasteiger partial charge in [-0.3, -0.25) is 9.80 Å². The number of rotatable bonds is 6. The second-order valence-corrected chi connectivity index (χ2v) is 7.09. The molecule has 0 aromatic heterocycles. The van der Waals surface area contributed by atoms with E-state index in [2.05, 4.69) is 0 Å². The van der Waals surface area contributed by atoms with E-state index in [1.165, 1.54) is 14.2 Å². The highest BCUT2D eigenvalue weighted by molar-refractivity contribution is 5.87. The van der Waals surface area contributed by atoms with E-state index in [1.807, 2.05) is 0 Å². The van der Waals surface area contributed by atoms with Crippen LogP contribution in [-0.4, -0.2) is 143 Å². The van der Waals surface area contributed by atoms with E-state index in [-0.39, 0.29) is 20.0 Å². The van der Waals surface area contributed by atoms with E-state index in [9.17, 15) is 45.0 Å². The molecule has 6 N–H and O–H groups in total. The topological polar surface area (TPSA) is 210 Å². The number of hydrogen-bond acceptors (Lipinski definition) is 11. The van der Waals surface area contributed by atoms with Crippen LogP contribution in [0.1, 0.15) is 6.92 Å². The van der Waals surface area contributed by atoms with Gasteiger partial charge in [-0.05, 0) is 6.92 Å². The zero-order chi connectivity index (χ0) is 23.4. The summed E-state index contributed by atoms with van der Waals surface area (Å²) < 4.78 is 9.50. The van der Waals surface area contributed by atoms with Crippen LogP contribution >= 0.6 is 0 Å². The third-order valence-electron chi connectivity index (χ3n) is 5.07. The van der Waals surface area contributed by atoms with E-state index >= 15 is 0 Å². The van der Waals surface area contributed by atoms with Crippen molar-refractivity contribution in [3.63, 3.8) is 0 Å². The first-order valence-corrected chi connectivity index (χ1v) is 8.86. The van der Waals surface area contributed by atoms with Crippen LogP contribution in [0.4, 0.5) is 14.4 Å². The number of urea groups is 3. The van der Waals surface area contributed by atoms with Gasteiger partial charge >= 0.3 is 18.1 Å². The number of amides is 6. The van der Waals surface area contributed by atoms with Gasteiger partial charge < -0.3 is 40.1 Å². The zero-order valence-electron chi connectivity index (χ0n) is 16.7. The molecule has 17 heteroatoms. The summed E-state index contributed by atoms with van der Waals surface area (Å²) in [5.41, 5.74) is -2.64. The fourth-order valence-corrected chi connectivity index (χ4v) is 3.51. The van der Waals surface area contributed by atoms with Gasteiger partial charge in [0, 0.05) is 14.2 Å². The summed E-state index contributed by atoms with van der Waals surface area (Å²) in [6.07, 6.45) is -10.1. The molecule has 3 aliphatic heterocycles. The van der Waals surface area contributed by atoms with E-state index < -0.39 is 68.4 Å². The quantitative estimate of drug-likeness (QED) is 0.226.